The highest BCUT2D eigenvalue weighted by Crippen LogP contribution is 2.42. The SMILES string of the molecule is Nc1ncnc2c1ncn2Cc1c(N2CC[C@](N)(C(=O)NC3CC3)C2)ccc(F)c1C1CCCC1. The van der Waals surface area contributed by atoms with Gasteiger partial charge < -0.3 is 26.3 Å². The Morgan fingerprint density at radius 2 is 1.97 bits per heavy atom. The first kappa shape index (κ1) is 22.2. The first-order valence-corrected chi connectivity index (χ1v) is 12.5. The van der Waals surface area contributed by atoms with Crippen LogP contribution in [0, 0.1) is 5.82 Å². The molecule has 10 heteroatoms. The van der Waals surface area contributed by atoms with Crippen LogP contribution in [0.25, 0.3) is 11.2 Å². The number of hydrogen-bond donors (Lipinski definition) is 3. The van der Waals surface area contributed by atoms with Gasteiger partial charge in [-0.1, -0.05) is 12.8 Å². The Hall–Kier alpha value is -3.27. The molecule has 0 unspecified atom stereocenters. The fraction of sp³-hybridized carbons (Fsp3) is 0.520. The molecular weight excluding hydrogens is 447 g/mol. The van der Waals surface area contributed by atoms with Crippen molar-refractivity contribution in [2.45, 2.75) is 69.0 Å². The van der Waals surface area contributed by atoms with Crippen LogP contribution in [0.5, 0.6) is 0 Å². The minimum Gasteiger partial charge on any atom is -0.382 e. The number of nitrogens with one attached hydrogen (secondary N) is 1. The zero-order valence-electron chi connectivity index (χ0n) is 19.7. The van der Waals surface area contributed by atoms with Crippen molar-refractivity contribution in [1.29, 1.82) is 0 Å². The fourth-order valence-electron chi connectivity index (χ4n) is 5.71. The Labute approximate surface area is 203 Å². The van der Waals surface area contributed by atoms with Gasteiger partial charge in [0.1, 0.15) is 23.2 Å². The van der Waals surface area contributed by atoms with Crippen LogP contribution in [-0.4, -0.2) is 50.1 Å². The first-order valence-electron chi connectivity index (χ1n) is 12.5. The molecule has 3 heterocycles. The standard InChI is InChI=1S/C25H31FN8O/c26-18-7-8-19(33-10-9-25(28,12-33)24(35)32-16-5-6-16)17(20(18)15-3-1-2-4-15)11-34-14-31-21-22(27)29-13-30-23(21)34/h7-8,13-16H,1-6,9-12,28H2,(H,32,35)(H2,27,29,30)/t25-/m1/s1. The Balaban J connectivity index is 1.39. The Kier molecular flexibility index (Phi) is 5.36. The van der Waals surface area contributed by atoms with Crippen LogP contribution >= 0.6 is 0 Å². The van der Waals surface area contributed by atoms with Crippen molar-refractivity contribution in [2.24, 2.45) is 5.73 Å². The van der Waals surface area contributed by atoms with Crippen LogP contribution in [-0.2, 0) is 11.3 Å². The summed E-state index contributed by atoms with van der Waals surface area (Å²) < 4.78 is 17.3. The molecule has 3 fully saturated rings. The van der Waals surface area contributed by atoms with E-state index in [1.54, 1.807) is 12.4 Å². The highest BCUT2D eigenvalue weighted by atomic mass is 19.1. The molecular formula is C25H31FN8O. The van der Waals surface area contributed by atoms with E-state index in [2.05, 4.69) is 25.2 Å². The second-order valence-corrected chi connectivity index (χ2v) is 10.3. The minimum absolute atomic E-state index is 0.0880. The van der Waals surface area contributed by atoms with Crippen LogP contribution in [0.3, 0.4) is 0 Å². The van der Waals surface area contributed by atoms with Crippen molar-refractivity contribution in [1.82, 2.24) is 24.8 Å². The summed E-state index contributed by atoms with van der Waals surface area (Å²) in [5, 5.41) is 3.06. The summed E-state index contributed by atoms with van der Waals surface area (Å²) in [4.78, 5) is 27.8. The third-order valence-corrected chi connectivity index (χ3v) is 7.81. The summed E-state index contributed by atoms with van der Waals surface area (Å²) in [6.45, 7) is 1.43. The molecule has 1 aromatic carbocycles. The second-order valence-electron chi connectivity index (χ2n) is 10.3. The third kappa shape index (κ3) is 3.99. The molecule has 2 saturated carbocycles. The number of carbonyl (C=O) groups is 1. The molecule has 1 atom stereocenters. The number of halogens is 1. The number of nitrogens with two attached hydrogens (primary N) is 2. The van der Waals surface area contributed by atoms with Crippen molar-refractivity contribution in [3.05, 3.63) is 41.7 Å². The summed E-state index contributed by atoms with van der Waals surface area (Å²) in [5.41, 5.74) is 15.4. The Morgan fingerprint density at radius 3 is 2.74 bits per heavy atom. The van der Waals surface area contributed by atoms with E-state index in [0.717, 1.165) is 55.3 Å². The molecule has 5 N–H and O–H groups in total. The van der Waals surface area contributed by atoms with E-state index in [1.807, 2.05) is 10.6 Å². The van der Waals surface area contributed by atoms with Gasteiger partial charge in [-0.2, -0.15) is 0 Å². The number of imidazole rings is 1. The maximum Gasteiger partial charge on any atom is 0.242 e. The lowest BCUT2D eigenvalue weighted by Crippen LogP contribution is -2.56. The third-order valence-electron chi connectivity index (χ3n) is 7.81. The predicted molar refractivity (Wildman–Crippen MR) is 131 cm³/mol. The van der Waals surface area contributed by atoms with Crippen molar-refractivity contribution < 1.29 is 9.18 Å². The molecule has 0 radical (unpaired) electrons. The Morgan fingerprint density at radius 1 is 1.17 bits per heavy atom. The maximum absolute atomic E-state index is 15.4. The monoisotopic (exact) mass is 478 g/mol. The van der Waals surface area contributed by atoms with Gasteiger partial charge in [-0.15, -0.1) is 0 Å². The van der Waals surface area contributed by atoms with Crippen molar-refractivity contribution >= 4 is 28.6 Å². The molecule has 9 nitrogen and oxygen atoms in total. The molecule has 184 valence electrons. The van der Waals surface area contributed by atoms with E-state index in [-0.39, 0.29) is 23.7 Å². The number of nitrogen functional groups attached to an aromatic ring is 1. The molecule has 0 spiro atoms. The van der Waals surface area contributed by atoms with Crippen LogP contribution in [0.4, 0.5) is 15.9 Å². The summed E-state index contributed by atoms with van der Waals surface area (Å²) in [6.07, 6.45) is 9.83. The van der Waals surface area contributed by atoms with Crippen LogP contribution in [0.15, 0.2) is 24.8 Å². The highest BCUT2D eigenvalue weighted by Gasteiger charge is 2.43. The van der Waals surface area contributed by atoms with Gasteiger partial charge in [0.25, 0.3) is 0 Å². The summed E-state index contributed by atoms with van der Waals surface area (Å²) >= 11 is 0. The van der Waals surface area contributed by atoms with Gasteiger partial charge in [0.05, 0.1) is 12.9 Å². The van der Waals surface area contributed by atoms with Crippen molar-refractivity contribution in [2.75, 3.05) is 23.7 Å². The van der Waals surface area contributed by atoms with Gasteiger partial charge in [0.15, 0.2) is 11.5 Å². The summed E-state index contributed by atoms with van der Waals surface area (Å²) in [6, 6.07) is 3.66. The number of rotatable bonds is 6. The minimum atomic E-state index is -0.953. The van der Waals surface area contributed by atoms with Gasteiger partial charge in [-0.25, -0.2) is 19.3 Å². The van der Waals surface area contributed by atoms with Crippen LogP contribution < -0.4 is 21.7 Å². The number of carbonyl (C=O) groups excluding carboxylic acids is 1. The number of aromatic nitrogens is 4. The average Bonchev–Trinajstić information content (AvgIpc) is 3.21. The second kappa shape index (κ2) is 8.44. The molecule has 3 aliphatic rings. The zero-order chi connectivity index (χ0) is 24.2. The van der Waals surface area contributed by atoms with Crippen molar-refractivity contribution in [3.63, 3.8) is 0 Å². The Bertz CT molecular complexity index is 1280. The van der Waals surface area contributed by atoms with Crippen molar-refractivity contribution in [3.8, 4) is 0 Å². The number of amides is 1. The summed E-state index contributed by atoms with van der Waals surface area (Å²) in [5.74, 6) is 0.218. The summed E-state index contributed by atoms with van der Waals surface area (Å²) in [7, 11) is 0. The van der Waals surface area contributed by atoms with E-state index in [1.165, 1.54) is 6.33 Å². The van der Waals surface area contributed by atoms with Gasteiger partial charge in [0.2, 0.25) is 5.91 Å². The molecule has 0 bridgehead atoms. The van der Waals surface area contributed by atoms with E-state index in [0.29, 0.717) is 43.0 Å². The lowest BCUT2D eigenvalue weighted by molar-refractivity contribution is -0.125. The normalized spacial score (nSPS) is 22.9. The maximum atomic E-state index is 15.4. The molecule has 2 aromatic heterocycles. The number of nitrogens with zero attached hydrogens (tertiary/aromatic N) is 5. The quantitative estimate of drug-likeness (QED) is 0.496. The highest BCUT2D eigenvalue weighted by molar-refractivity contribution is 5.88. The number of fused-ring (bicyclic) bond motifs is 1. The number of benzene rings is 1. The van der Waals surface area contributed by atoms with Crippen LogP contribution in [0.1, 0.15) is 62.0 Å². The fourth-order valence-corrected chi connectivity index (χ4v) is 5.71. The molecule has 3 aromatic rings. The molecule has 6 rings (SSSR count). The van der Waals surface area contributed by atoms with Gasteiger partial charge in [-0.05, 0) is 55.7 Å². The smallest absolute Gasteiger partial charge is 0.242 e. The average molecular weight is 479 g/mol. The molecule has 1 aliphatic heterocycles. The largest absolute Gasteiger partial charge is 0.382 e. The predicted octanol–water partition coefficient (Wildman–Crippen LogP) is 2.44. The molecule has 1 amide bonds. The lowest BCUT2D eigenvalue weighted by Gasteiger charge is -2.28. The van der Waals surface area contributed by atoms with E-state index >= 15 is 4.39 Å². The van der Waals surface area contributed by atoms with Gasteiger partial charge in [-0.3, -0.25) is 4.79 Å². The number of hydrogen-bond acceptors (Lipinski definition) is 7. The van der Waals surface area contributed by atoms with E-state index in [9.17, 15) is 4.79 Å². The van der Waals surface area contributed by atoms with E-state index < -0.39 is 5.54 Å². The first-order chi connectivity index (χ1) is 16.9. The zero-order valence-corrected chi connectivity index (χ0v) is 19.7. The topological polar surface area (TPSA) is 128 Å². The molecule has 1 saturated heterocycles. The van der Waals surface area contributed by atoms with Gasteiger partial charge >= 0.3 is 0 Å². The molecule has 35 heavy (non-hydrogen) atoms. The lowest BCUT2D eigenvalue weighted by atomic mass is 9.90. The number of anilines is 2. The molecule has 2 aliphatic carbocycles. The van der Waals surface area contributed by atoms with E-state index in [4.69, 9.17) is 11.5 Å². The van der Waals surface area contributed by atoms with Crippen LogP contribution in [0.2, 0.25) is 0 Å². The van der Waals surface area contributed by atoms with Gasteiger partial charge in [0, 0.05) is 30.4 Å².